The van der Waals surface area contributed by atoms with Gasteiger partial charge < -0.3 is 14.6 Å². The molecule has 1 saturated heterocycles. The average molecular weight is 374 g/mol. The number of likely N-dealkylation sites (tertiary alicyclic amines) is 1. The Bertz CT molecular complexity index is 884. The summed E-state index contributed by atoms with van der Waals surface area (Å²) in [4.78, 5) is 27.0. The Morgan fingerprint density at radius 2 is 1.64 bits per heavy atom. The number of benzene rings is 2. The summed E-state index contributed by atoms with van der Waals surface area (Å²) >= 11 is 0. The van der Waals surface area contributed by atoms with E-state index in [1.54, 1.807) is 17.2 Å². The van der Waals surface area contributed by atoms with Gasteiger partial charge in [0, 0.05) is 13.0 Å². The van der Waals surface area contributed by atoms with E-state index in [9.17, 15) is 9.59 Å². The Hall–Kier alpha value is -3.34. The lowest BCUT2D eigenvalue weighted by molar-refractivity contribution is -0.129. The molecule has 1 atom stereocenters. The molecule has 0 bridgehead atoms. The Morgan fingerprint density at radius 1 is 1.00 bits per heavy atom. The molecule has 1 aliphatic rings. The largest absolute Gasteiger partial charge is 0.467 e. The maximum absolute atomic E-state index is 13.0. The lowest BCUT2D eigenvalue weighted by Gasteiger charge is -2.22. The second-order valence-electron chi connectivity index (χ2n) is 7.02. The molecule has 4 rings (SSSR count). The highest BCUT2D eigenvalue weighted by Gasteiger charge is 2.35. The van der Waals surface area contributed by atoms with Crippen molar-refractivity contribution >= 4 is 11.8 Å². The zero-order chi connectivity index (χ0) is 19.3. The Labute approximate surface area is 164 Å². The van der Waals surface area contributed by atoms with Crippen LogP contribution >= 0.6 is 0 Å². The standard InChI is InChI=1S/C23H22N2O3/c26-21-14-19(15-25(21)16-20-12-7-13-28-20)23(27)24-22(17-8-3-1-4-9-17)18-10-5-2-6-11-18/h1-13,19,22H,14-16H2,(H,24,27). The molecule has 0 spiro atoms. The van der Waals surface area contributed by atoms with Crippen molar-refractivity contribution in [1.29, 1.82) is 0 Å². The molecule has 2 heterocycles. The minimum atomic E-state index is -0.364. The summed E-state index contributed by atoms with van der Waals surface area (Å²) in [6, 6.07) is 23.1. The van der Waals surface area contributed by atoms with Gasteiger partial charge in [0.2, 0.25) is 11.8 Å². The van der Waals surface area contributed by atoms with Gasteiger partial charge in [-0.15, -0.1) is 0 Å². The van der Waals surface area contributed by atoms with Crippen molar-refractivity contribution in [3.63, 3.8) is 0 Å². The number of carbonyl (C=O) groups excluding carboxylic acids is 2. The van der Waals surface area contributed by atoms with Gasteiger partial charge in [-0.2, -0.15) is 0 Å². The zero-order valence-corrected chi connectivity index (χ0v) is 15.5. The summed E-state index contributed by atoms with van der Waals surface area (Å²) in [7, 11) is 0. The summed E-state index contributed by atoms with van der Waals surface area (Å²) in [6.45, 7) is 0.804. The van der Waals surface area contributed by atoms with Crippen molar-refractivity contribution in [3.8, 4) is 0 Å². The minimum absolute atomic E-state index is 0.0208. The number of hydrogen-bond acceptors (Lipinski definition) is 3. The summed E-state index contributed by atoms with van der Waals surface area (Å²) in [5, 5.41) is 3.15. The normalized spacial score (nSPS) is 16.5. The van der Waals surface area contributed by atoms with Gasteiger partial charge in [0.1, 0.15) is 5.76 Å². The van der Waals surface area contributed by atoms with Gasteiger partial charge in [0.25, 0.3) is 0 Å². The molecule has 142 valence electrons. The fourth-order valence-electron chi connectivity index (χ4n) is 3.60. The third kappa shape index (κ3) is 3.98. The van der Waals surface area contributed by atoms with Gasteiger partial charge in [0.15, 0.2) is 0 Å². The summed E-state index contributed by atoms with van der Waals surface area (Å²) in [5.74, 6) is 0.235. The van der Waals surface area contributed by atoms with Crippen LogP contribution in [0.1, 0.15) is 29.3 Å². The van der Waals surface area contributed by atoms with Crippen LogP contribution < -0.4 is 5.32 Å². The summed E-state index contributed by atoms with van der Waals surface area (Å²) in [5.41, 5.74) is 2.03. The van der Waals surface area contributed by atoms with Gasteiger partial charge in [-0.3, -0.25) is 9.59 Å². The second kappa shape index (κ2) is 8.13. The van der Waals surface area contributed by atoms with Crippen LogP contribution in [0.15, 0.2) is 83.5 Å². The van der Waals surface area contributed by atoms with E-state index in [-0.39, 0.29) is 30.2 Å². The van der Waals surface area contributed by atoms with Gasteiger partial charge in [-0.25, -0.2) is 0 Å². The molecular formula is C23H22N2O3. The van der Waals surface area contributed by atoms with Gasteiger partial charge >= 0.3 is 0 Å². The van der Waals surface area contributed by atoms with Crippen LogP contribution in [0.3, 0.4) is 0 Å². The minimum Gasteiger partial charge on any atom is -0.467 e. The first-order valence-corrected chi connectivity index (χ1v) is 9.41. The van der Waals surface area contributed by atoms with E-state index in [4.69, 9.17) is 4.42 Å². The molecule has 0 radical (unpaired) electrons. The predicted molar refractivity (Wildman–Crippen MR) is 105 cm³/mol. The summed E-state index contributed by atoms with van der Waals surface area (Å²) < 4.78 is 5.33. The molecule has 28 heavy (non-hydrogen) atoms. The molecule has 1 aliphatic heterocycles. The van der Waals surface area contributed by atoms with Gasteiger partial charge in [-0.05, 0) is 23.3 Å². The van der Waals surface area contributed by atoms with Crippen LogP contribution in [0.5, 0.6) is 0 Å². The molecule has 0 saturated carbocycles. The topological polar surface area (TPSA) is 62.6 Å². The van der Waals surface area contributed by atoms with Crippen LogP contribution in [-0.4, -0.2) is 23.3 Å². The lowest BCUT2D eigenvalue weighted by Crippen LogP contribution is -2.36. The maximum atomic E-state index is 13.0. The van der Waals surface area contributed by atoms with Crippen LogP contribution in [0, 0.1) is 5.92 Å². The molecule has 0 aliphatic carbocycles. The second-order valence-corrected chi connectivity index (χ2v) is 7.02. The number of hydrogen-bond donors (Lipinski definition) is 1. The Kier molecular flexibility index (Phi) is 5.24. The molecule has 1 N–H and O–H groups in total. The first-order chi connectivity index (χ1) is 13.7. The molecule has 2 aromatic carbocycles. The SMILES string of the molecule is O=C(NC(c1ccccc1)c1ccccc1)C1CC(=O)N(Cc2ccco2)C1. The molecule has 2 amide bonds. The van der Waals surface area contributed by atoms with Gasteiger partial charge in [-0.1, -0.05) is 60.7 Å². The third-order valence-corrected chi connectivity index (χ3v) is 5.06. The molecule has 1 fully saturated rings. The smallest absolute Gasteiger partial charge is 0.226 e. The average Bonchev–Trinajstić information content (AvgIpc) is 3.38. The molecule has 1 aromatic heterocycles. The number of carbonyl (C=O) groups is 2. The number of nitrogens with zero attached hydrogens (tertiary/aromatic N) is 1. The Balaban J connectivity index is 1.48. The predicted octanol–water partition coefficient (Wildman–Crippen LogP) is 3.53. The quantitative estimate of drug-likeness (QED) is 0.718. The van der Waals surface area contributed by atoms with E-state index in [1.165, 1.54) is 0 Å². The highest BCUT2D eigenvalue weighted by molar-refractivity contribution is 5.89. The Morgan fingerprint density at radius 3 is 2.21 bits per heavy atom. The van der Waals surface area contributed by atoms with Crippen LogP contribution in [0.4, 0.5) is 0 Å². The molecular weight excluding hydrogens is 352 g/mol. The fraction of sp³-hybridized carbons (Fsp3) is 0.217. The number of nitrogens with one attached hydrogen (secondary N) is 1. The van der Waals surface area contributed by atoms with E-state index in [1.807, 2.05) is 66.7 Å². The lowest BCUT2D eigenvalue weighted by atomic mass is 9.97. The zero-order valence-electron chi connectivity index (χ0n) is 15.5. The van der Waals surface area contributed by atoms with Crippen LogP contribution in [0.2, 0.25) is 0 Å². The van der Waals surface area contributed by atoms with E-state index in [0.717, 1.165) is 16.9 Å². The molecule has 1 unspecified atom stereocenters. The van der Waals surface area contributed by atoms with E-state index in [2.05, 4.69) is 5.32 Å². The highest BCUT2D eigenvalue weighted by atomic mass is 16.3. The monoisotopic (exact) mass is 374 g/mol. The fourth-order valence-corrected chi connectivity index (χ4v) is 3.60. The van der Waals surface area contributed by atoms with Crippen molar-refractivity contribution in [3.05, 3.63) is 95.9 Å². The number of furan rings is 1. The van der Waals surface area contributed by atoms with E-state index >= 15 is 0 Å². The van der Waals surface area contributed by atoms with Gasteiger partial charge in [0.05, 0.1) is 24.8 Å². The first kappa shape index (κ1) is 18.0. The summed E-state index contributed by atoms with van der Waals surface area (Å²) in [6.07, 6.45) is 1.81. The van der Waals surface area contributed by atoms with E-state index in [0.29, 0.717) is 13.1 Å². The third-order valence-electron chi connectivity index (χ3n) is 5.06. The molecule has 5 nitrogen and oxygen atoms in total. The number of amides is 2. The van der Waals surface area contributed by atoms with Crippen molar-refractivity contribution < 1.29 is 14.0 Å². The van der Waals surface area contributed by atoms with Crippen molar-refractivity contribution in [1.82, 2.24) is 10.2 Å². The van der Waals surface area contributed by atoms with Crippen molar-refractivity contribution in [2.45, 2.75) is 19.0 Å². The maximum Gasteiger partial charge on any atom is 0.226 e. The number of rotatable bonds is 6. The van der Waals surface area contributed by atoms with E-state index < -0.39 is 0 Å². The van der Waals surface area contributed by atoms with Crippen molar-refractivity contribution in [2.24, 2.45) is 5.92 Å². The molecule has 3 aromatic rings. The first-order valence-electron chi connectivity index (χ1n) is 9.41. The van der Waals surface area contributed by atoms with Crippen molar-refractivity contribution in [2.75, 3.05) is 6.54 Å². The molecule has 5 heteroatoms. The van der Waals surface area contributed by atoms with Crippen LogP contribution in [0.25, 0.3) is 0 Å². The van der Waals surface area contributed by atoms with Crippen LogP contribution in [-0.2, 0) is 16.1 Å². The highest BCUT2D eigenvalue weighted by Crippen LogP contribution is 2.25.